The number of hydrogen-bond donors (Lipinski definition) is 0. The maximum atomic E-state index is 12.1. The molecule has 232 valence electrons. The highest BCUT2D eigenvalue weighted by Crippen LogP contribution is 2.44. The standard InChI is InChI=1S/C26H38O15/c1-11(27)31-9-15-17(33-12(2)28)19(34-13(3)29)21(35-14(4)30)23(36-15)32-10-16-18-20(39-25(5,6)38-16)22-24(37-18)41-26(7,8)40-22/h15-24H,9-10H2,1-8H3/t15-,16-,17-,18-,19+,20+,21-,22-,23-,24-/m1/s1. The van der Waals surface area contributed by atoms with Crippen LogP contribution in [0.3, 0.4) is 0 Å². The van der Waals surface area contributed by atoms with Crippen LogP contribution in [0.5, 0.6) is 0 Å². The highest BCUT2D eigenvalue weighted by molar-refractivity contribution is 5.68. The molecular weight excluding hydrogens is 552 g/mol. The van der Waals surface area contributed by atoms with E-state index in [9.17, 15) is 19.2 Å². The largest absolute Gasteiger partial charge is 0.463 e. The number of fused-ring (bicyclic) bond motifs is 3. The molecular formula is C26H38O15. The maximum Gasteiger partial charge on any atom is 0.303 e. The van der Waals surface area contributed by atoms with Gasteiger partial charge in [0.2, 0.25) is 0 Å². The summed E-state index contributed by atoms with van der Waals surface area (Å²) in [5.41, 5.74) is 0. The molecule has 15 nitrogen and oxygen atoms in total. The summed E-state index contributed by atoms with van der Waals surface area (Å²) in [6.07, 6.45) is -9.65. The number of carbonyl (C=O) groups is 4. The molecule has 4 saturated heterocycles. The van der Waals surface area contributed by atoms with E-state index in [1.54, 1.807) is 27.7 Å². The predicted molar refractivity (Wildman–Crippen MR) is 130 cm³/mol. The summed E-state index contributed by atoms with van der Waals surface area (Å²) in [5.74, 6) is -4.75. The molecule has 0 spiro atoms. The summed E-state index contributed by atoms with van der Waals surface area (Å²) in [6.45, 7) is 11.1. The monoisotopic (exact) mass is 590 g/mol. The van der Waals surface area contributed by atoms with Crippen LogP contribution in [0.15, 0.2) is 0 Å². The molecule has 0 N–H and O–H groups in total. The van der Waals surface area contributed by atoms with Crippen LogP contribution < -0.4 is 0 Å². The van der Waals surface area contributed by atoms with Gasteiger partial charge in [0.15, 0.2) is 42.5 Å². The molecule has 4 heterocycles. The fourth-order valence-electron chi connectivity index (χ4n) is 5.37. The Labute approximate surface area is 237 Å². The summed E-state index contributed by atoms with van der Waals surface area (Å²) in [7, 11) is 0. The van der Waals surface area contributed by atoms with Crippen LogP contribution in [0.2, 0.25) is 0 Å². The van der Waals surface area contributed by atoms with Crippen molar-refractivity contribution in [3.05, 3.63) is 0 Å². The second kappa shape index (κ2) is 12.1. The van der Waals surface area contributed by atoms with Gasteiger partial charge >= 0.3 is 23.9 Å². The van der Waals surface area contributed by atoms with E-state index in [0.717, 1.165) is 20.8 Å². The molecule has 15 heteroatoms. The van der Waals surface area contributed by atoms with Crippen LogP contribution in [0.4, 0.5) is 0 Å². The van der Waals surface area contributed by atoms with Crippen LogP contribution in [0, 0.1) is 0 Å². The van der Waals surface area contributed by atoms with Crippen molar-refractivity contribution < 1.29 is 71.3 Å². The zero-order valence-corrected chi connectivity index (χ0v) is 24.3. The Morgan fingerprint density at radius 2 is 1.15 bits per heavy atom. The third kappa shape index (κ3) is 7.52. The molecule has 0 aromatic rings. The molecule has 41 heavy (non-hydrogen) atoms. The minimum absolute atomic E-state index is 0.162. The topological polar surface area (TPSA) is 170 Å². The van der Waals surface area contributed by atoms with Crippen LogP contribution in [-0.4, -0.2) is 110 Å². The van der Waals surface area contributed by atoms with Gasteiger partial charge in [-0.2, -0.15) is 0 Å². The minimum Gasteiger partial charge on any atom is -0.463 e. The number of rotatable bonds is 8. The fraction of sp³-hybridized carbons (Fsp3) is 0.846. The molecule has 0 unspecified atom stereocenters. The molecule has 0 aliphatic carbocycles. The lowest BCUT2D eigenvalue weighted by atomic mass is 9.98. The Morgan fingerprint density at radius 3 is 1.76 bits per heavy atom. The molecule has 4 aliphatic rings. The molecule has 4 aliphatic heterocycles. The van der Waals surface area contributed by atoms with Crippen molar-refractivity contribution in [2.45, 2.75) is 128 Å². The third-order valence-corrected chi connectivity index (χ3v) is 6.62. The van der Waals surface area contributed by atoms with E-state index >= 15 is 0 Å². The first kappa shape index (κ1) is 31.5. The van der Waals surface area contributed by atoms with Crippen molar-refractivity contribution in [1.82, 2.24) is 0 Å². The van der Waals surface area contributed by atoms with E-state index in [4.69, 9.17) is 52.1 Å². The van der Waals surface area contributed by atoms with E-state index in [0.29, 0.717) is 0 Å². The van der Waals surface area contributed by atoms with Crippen LogP contribution in [-0.2, 0) is 71.3 Å². The van der Waals surface area contributed by atoms with Crippen LogP contribution in [0.1, 0.15) is 55.4 Å². The van der Waals surface area contributed by atoms with Gasteiger partial charge in [0, 0.05) is 27.7 Å². The van der Waals surface area contributed by atoms with Crippen LogP contribution in [0.25, 0.3) is 0 Å². The maximum absolute atomic E-state index is 12.1. The SMILES string of the molecule is CC(=O)OC[C@H]1O[C@@H](OC[C@H]2OC(C)(C)O[C@@H]3[C@H]4OC(C)(C)O[C@H]4O[C@@H]32)[C@H](OC(C)=O)[C@@H](OC(C)=O)[C@@H]1OC(C)=O. The van der Waals surface area contributed by atoms with Gasteiger partial charge in [-0.05, 0) is 27.7 Å². The molecule has 0 aromatic heterocycles. The predicted octanol–water partition coefficient (Wildman–Crippen LogP) is 0.483. The normalized spacial score (nSPS) is 38.7. The lowest BCUT2D eigenvalue weighted by Crippen LogP contribution is -2.63. The minimum atomic E-state index is -1.37. The zero-order valence-electron chi connectivity index (χ0n) is 24.3. The van der Waals surface area contributed by atoms with Crippen molar-refractivity contribution in [3.63, 3.8) is 0 Å². The second-order valence-electron chi connectivity index (χ2n) is 11.1. The molecule has 0 bridgehead atoms. The Bertz CT molecular complexity index is 1010. The Morgan fingerprint density at radius 1 is 0.585 bits per heavy atom. The van der Waals surface area contributed by atoms with Crippen molar-refractivity contribution in [2.24, 2.45) is 0 Å². The van der Waals surface area contributed by atoms with Crippen molar-refractivity contribution in [3.8, 4) is 0 Å². The molecule has 10 atom stereocenters. The van der Waals surface area contributed by atoms with Crippen molar-refractivity contribution in [2.75, 3.05) is 13.2 Å². The third-order valence-electron chi connectivity index (χ3n) is 6.62. The van der Waals surface area contributed by atoms with Crippen molar-refractivity contribution in [1.29, 1.82) is 0 Å². The van der Waals surface area contributed by atoms with Gasteiger partial charge in [-0.1, -0.05) is 0 Å². The van der Waals surface area contributed by atoms with Gasteiger partial charge in [-0.15, -0.1) is 0 Å². The first-order chi connectivity index (χ1) is 19.0. The Balaban J connectivity index is 1.57. The van der Waals surface area contributed by atoms with E-state index in [1.807, 2.05) is 0 Å². The zero-order chi connectivity index (χ0) is 30.3. The first-order valence-electron chi connectivity index (χ1n) is 13.3. The van der Waals surface area contributed by atoms with Gasteiger partial charge in [0.25, 0.3) is 0 Å². The number of hydrogen-bond acceptors (Lipinski definition) is 15. The molecule has 4 fully saturated rings. The van der Waals surface area contributed by atoms with E-state index in [1.165, 1.54) is 6.92 Å². The summed E-state index contributed by atoms with van der Waals surface area (Å²) >= 11 is 0. The van der Waals surface area contributed by atoms with E-state index in [2.05, 4.69) is 0 Å². The lowest BCUT2D eigenvalue weighted by Gasteiger charge is -2.46. The number of ether oxygens (including phenoxy) is 11. The molecule has 0 amide bonds. The molecule has 0 aromatic carbocycles. The first-order valence-corrected chi connectivity index (χ1v) is 13.3. The smallest absolute Gasteiger partial charge is 0.303 e. The van der Waals surface area contributed by atoms with Gasteiger partial charge < -0.3 is 52.1 Å². The van der Waals surface area contributed by atoms with Crippen molar-refractivity contribution >= 4 is 23.9 Å². The lowest BCUT2D eigenvalue weighted by molar-refractivity contribution is -0.360. The van der Waals surface area contributed by atoms with Gasteiger partial charge in [-0.25, -0.2) is 0 Å². The summed E-state index contributed by atoms with van der Waals surface area (Å²) in [6, 6.07) is 0. The summed E-state index contributed by atoms with van der Waals surface area (Å²) in [4.78, 5) is 47.6. The highest BCUT2D eigenvalue weighted by atomic mass is 16.9. The van der Waals surface area contributed by atoms with Gasteiger partial charge in [0.1, 0.15) is 37.1 Å². The Hall–Kier alpha value is -2.40. The quantitative estimate of drug-likeness (QED) is 0.282. The molecule has 0 radical (unpaired) electrons. The average molecular weight is 591 g/mol. The number of esters is 4. The fourth-order valence-corrected chi connectivity index (χ4v) is 5.37. The van der Waals surface area contributed by atoms with Gasteiger partial charge in [0.05, 0.1) is 6.61 Å². The molecule has 4 rings (SSSR count). The highest BCUT2D eigenvalue weighted by Gasteiger charge is 2.61. The number of carbonyl (C=O) groups excluding carboxylic acids is 4. The average Bonchev–Trinajstić information content (AvgIpc) is 3.29. The van der Waals surface area contributed by atoms with Gasteiger partial charge in [-0.3, -0.25) is 19.2 Å². The second-order valence-corrected chi connectivity index (χ2v) is 11.1. The van der Waals surface area contributed by atoms with E-state index in [-0.39, 0.29) is 13.2 Å². The van der Waals surface area contributed by atoms with E-state index < -0.39 is 96.9 Å². The summed E-state index contributed by atoms with van der Waals surface area (Å²) < 4.78 is 63.7. The summed E-state index contributed by atoms with van der Waals surface area (Å²) in [5, 5.41) is 0. The Kier molecular flexibility index (Phi) is 9.28. The molecule has 0 saturated carbocycles. The van der Waals surface area contributed by atoms with Crippen LogP contribution >= 0.6 is 0 Å².